The summed E-state index contributed by atoms with van der Waals surface area (Å²) in [5, 5.41) is 9.28. The molecule has 1 fully saturated rings. The maximum Gasteiger partial charge on any atom is 0.200 e. The molecule has 3 aromatic rings. The normalized spacial score (nSPS) is 18.3. The number of phenolic OH excluding ortho intramolecular Hbond substituents is 1. The Morgan fingerprint density at radius 3 is 2.00 bits per heavy atom. The summed E-state index contributed by atoms with van der Waals surface area (Å²) in [6, 6.07) is 11.4. The smallest absolute Gasteiger partial charge is 0.200 e. The minimum absolute atomic E-state index is 0.0420. The molecule has 2 atom stereocenters. The minimum atomic E-state index is -1.34. The van der Waals surface area contributed by atoms with E-state index in [0.717, 1.165) is 25.3 Å². The molecule has 0 amide bonds. The second-order valence-corrected chi connectivity index (χ2v) is 8.30. The first kappa shape index (κ1) is 23.1. The molecule has 3 aromatic carbocycles. The van der Waals surface area contributed by atoms with E-state index in [2.05, 4.69) is 6.58 Å². The first-order valence-electron chi connectivity index (χ1n) is 10.9. The quantitative estimate of drug-likeness (QED) is 0.304. The Bertz CT molecular complexity index is 1150. The summed E-state index contributed by atoms with van der Waals surface area (Å²) < 4.78 is 63.5. The molecule has 2 unspecified atom stereocenters. The molecule has 1 aliphatic heterocycles. The lowest BCUT2D eigenvalue weighted by Crippen LogP contribution is -2.21. The lowest BCUT2D eigenvalue weighted by Gasteiger charge is -2.29. The van der Waals surface area contributed by atoms with Gasteiger partial charge in [0, 0.05) is 16.7 Å². The number of ether oxygens (including phenoxy) is 1. The molecule has 33 heavy (non-hydrogen) atoms. The van der Waals surface area contributed by atoms with Gasteiger partial charge < -0.3 is 9.84 Å². The molecule has 4 rings (SSSR count). The Labute approximate surface area is 190 Å². The average molecular weight is 456 g/mol. The van der Waals surface area contributed by atoms with Gasteiger partial charge in [-0.1, -0.05) is 42.5 Å². The fourth-order valence-electron chi connectivity index (χ4n) is 4.26. The first-order chi connectivity index (χ1) is 15.9. The van der Waals surface area contributed by atoms with E-state index in [1.165, 1.54) is 36.4 Å². The lowest BCUT2D eigenvalue weighted by molar-refractivity contribution is -0.0210. The third kappa shape index (κ3) is 4.67. The third-order valence-electron chi connectivity index (χ3n) is 6.18. The van der Waals surface area contributed by atoms with Crippen LogP contribution < -0.4 is 0 Å². The van der Waals surface area contributed by atoms with Crippen molar-refractivity contribution in [2.75, 3.05) is 6.61 Å². The van der Waals surface area contributed by atoms with Gasteiger partial charge in [0.2, 0.25) is 5.82 Å². The van der Waals surface area contributed by atoms with Gasteiger partial charge in [0.1, 0.15) is 0 Å². The number of phenols is 1. The van der Waals surface area contributed by atoms with E-state index < -0.39 is 35.1 Å². The van der Waals surface area contributed by atoms with Crippen molar-refractivity contribution < 1.29 is 27.4 Å². The highest BCUT2D eigenvalue weighted by Gasteiger charge is 2.27. The SMILES string of the molecule is C=CCCC1CCC(c2ccc(-c3ccc(-c4ccc(O)c(F)c4F)cc3)c(F)c2F)OC1. The van der Waals surface area contributed by atoms with E-state index >= 15 is 0 Å². The molecule has 172 valence electrons. The van der Waals surface area contributed by atoms with Crippen molar-refractivity contribution >= 4 is 0 Å². The molecular weight excluding hydrogens is 432 g/mol. The molecule has 0 spiro atoms. The van der Waals surface area contributed by atoms with E-state index in [1.54, 1.807) is 6.07 Å². The van der Waals surface area contributed by atoms with Gasteiger partial charge in [-0.3, -0.25) is 0 Å². The van der Waals surface area contributed by atoms with Crippen molar-refractivity contribution in [3.05, 3.63) is 90.0 Å². The van der Waals surface area contributed by atoms with E-state index in [-0.39, 0.29) is 16.7 Å². The molecule has 1 heterocycles. The molecule has 1 N–H and O–H groups in total. The Kier molecular flexibility index (Phi) is 6.84. The summed E-state index contributed by atoms with van der Waals surface area (Å²) in [5.41, 5.74) is 0.973. The summed E-state index contributed by atoms with van der Waals surface area (Å²) >= 11 is 0. The fraction of sp³-hybridized carbons (Fsp3) is 0.259. The van der Waals surface area contributed by atoms with E-state index in [1.807, 2.05) is 6.08 Å². The van der Waals surface area contributed by atoms with Gasteiger partial charge in [-0.2, -0.15) is 4.39 Å². The monoisotopic (exact) mass is 456 g/mol. The minimum Gasteiger partial charge on any atom is -0.505 e. The molecule has 6 heteroatoms. The largest absolute Gasteiger partial charge is 0.505 e. The Morgan fingerprint density at radius 1 is 0.818 bits per heavy atom. The van der Waals surface area contributed by atoms with Crippen LogP contribution >= 0.6 is 0 Å². The third-order valence-corrected chi connectivity index (χ3v) is 6.18. The second kappa shape index (κ2) is 9.79. The number of allylic oxidation sites excluding steroid dienone is 1. The molecule has 0 aromatic heterocycles. The van der Waals surface area contributed by atoms with Crippen LogP contribution in [-0.2, 0) is 4.74 Å². The number of benzene rings is 3. The van der Waals surface area contributed by atoms with Crippen LogP contribution in [-0.4, -0.2) is 11.7 Å². The number of hydrogen-bond donors (Lipinski definition) is 1. The number of rotatable bonds is 6. The Balaban J connectivity index is 1.54. The second-order valence-electron chi connectivity index (χ2n) is 8.30. The summed E-state index contributed by atoms with van der Waals surface area (Å²) in [6.07, 6.45) is 4.78. The highest BCUT2D eigenvalue weighted by atomic mass is 19.2. The van der Waals surface area contributed by atoms with Gasteiger partial charge in [-0.15, -0.1) is 6.58 Å². The van der Waals surface area contributed by atoms with E-state index in [9.17, 15) is 22.7 Å². The molecule has 1 aliphatic rings. The molecular formula is C27H24F4O2. The molecule has 0 aliphatic carbocycles. The van der Waals surface area contributed by atoms with Crippen molar-refractivity contribution in [1.82, 2.24) is 0 Å². The average Bonchev–Trinajstić information content (AvgIpc) is 2.84. The highest BCUT2D eigenvalue weighted by molar-refractivity contribution is 5.71. The number of halogens is 4. The summed E-state index contributed by atoms with van der Waals surface area (Å²) in [7, 11) is 0. The van der Waals surface area contributed by atoms with E-state index in [0.29, 0.717) is 30.1 Å². The highest BCUT2D eigenvalue weighted by Crippen LogP contribution is 2.37. The van der Waals surface area contributed by atoms with Crippen LogP contribution in [0.15, 0.2) is 61.2 Å². The Hall–Kier alpha value is -3.12. The summed E-state index contributed by atoms with van der Waals surface area (Å²) in [6.45, 7) is 4.23. The van der Waals surface area contributed by atoms with Crippen molar-refractivity contribution in [1.29, 1.82) is 0 Å². The molecule has 2 nitrogen and oxygen atoms in total. The predicted octanol–water partition coefficient (Wildman–Crippen LogP) is 7.72. The van der Waals surface area contributed by atoms with Crippen LogP contribution in [0.4, 0.5) is 17.6 Å². The van der Waals surface area contributed by atoms with Gasteiger partial charge in [0.25, 0.3) is 0 Å². The summed E-state index contributed by atoms with van der Waals surface area (Å²) in [4.78, 5) is 0. The van der Waals surface area contributed by atoms with Crippen molar-refractivity contribution in [2.24, 2.45) is 5.92 Å². The van der Waals surface area contributed by atoms with Gasteiger partial charge in [-0.25, -0.2) is 13.2 Å². The number of aromatic hydroxyl groups is 1. The maximum atomic E-state index is 15.0. The standard InChI is InChI=1S/C27H24F4O2/c1-2-3-4-16-5-14-23(33-15-16)21-11-10-19(24(28)26(21)30)17-6-8-18(9-7-17)20-12-13-22(32)27(31)25(20)29/h2,6-13,16,23,32H,1,3-5,14-15H2. The van der Waals surface area contributed by atoms with Gasteiger partial charge in [-0.05, 0) is 54.9 Å². The van der Waals surface area contributed by atoms with Gasteiger partial charge >= 0.3 is 0 Å². The van der Waals surface area contributed by atoms with Crippen LogP contribution in [0.2, 0.25) is 0 Å². The molecule has 0 radical (unpaired) electrons. The van der Waals surface area contributed by atoms with Crippen LogP contribution in [0.5, 0.6) is 5.75 Å². The topological polar surface area (TPSA) is 29.5 Å². The molecule has 0 saturated carbocycles. The van der Waals surface area contributed by atoms with E-state index in [4.69, 9.17) is 4.74 Å². The van der Waals surface area contributed by atoms with Crippen LogP contribution in [0.1, 0.15) is 37.4 Å². The van der Waals surface area contributed by atoms with Crippen molar-refractivity contribution in [3.63, 3.8) is 0 Å². The Morgan fingerprint density at radius 2 is 1.42 bits per heavy atom. The van der Waals surface area contributed by atoms with Crippen molar-refractivity contribution in [2.45, 2.75) is 31.8 Å². The lowest BCUT2D eigenvalue weighted by atomic mass is 9.90. The van der Waals surface area contributed by atoms with Crippen LogP contribution in [0, 0.1) is 29.2 Å². The van der Waals surface area contributed by atoms with Crippen LogP contribution in [0.25, 0.3) is 22.3 Å². The first-order valence-corrected chi connectivity index (χ1v) is 10.9. The predicted molar refractivity (Wildman–Crippen MR) is 120 cm³/mol. The number of hydrogen-bond acceptors (Lipinski definition) is 2. The van der Waals surface area contributed by atoms with Crippen molar-refractivity contribution in [3.8, 4) is 28.0 Å². The molecule has 1 saturated heterocycles. The zero-order chi connectivity index (χ0) is 23.5. The van der Waals surface area contributed by atoms with Gasteiger partial charge in [0.15, 0.2) is 23.2 Å². The van der Waals surface area contributed by atoms with Gasteiger partial charge in [0.05, 0.1) is 12.7 Å². The maximum absolute atomic E-state index is 15.0. The fourth-order valence-corrected chi connectivity index (χ4v) is 4.26. The zero-order valence-electron chi connectivity index (χ0n) is 18.0. The zero-order valence-corrected chi connectivity index (χ0v) is 18.0. The van der Waals surface area contributed by atoms with Crippen LogP contribution in [0.3, 0.4) is 0 Å². The summed E-state index contributed by atoms with van der Waals surface area (Å²) in [5.74, 6) is -4.80. The molecule has 0 bridgehead atoms.